The molecule has 0 saturated carbocycles. The maximum atomic E-state index is 12.5. The average Bonchev–Trinajstić information content (AvgIpc) is 3.01. The number of hydrogen-bond acceptors (Lipinski definition) is 6. The predicted octanol–water partition coefficient (Wildman–Crippen LogP) is 1.69. The molecular weight excluding hydrogens is 330 g/mol. The molecule has 0 atom stereocenters. The van der Waals surface area contributed by atoms with E-state index in [0.29, 0.717) is 22.8 Å². The summed E-state index contributed by atoms with van der Waals surface area (Å²) < 4.78 is 34.0. The molecule has 124 valence electrons. The molecular formula is C15H15N5O3S. The highest BCUT2D eigenvalue weighted by Crippen LogP contribution is 2.23. The minimum atomic E-state index is -3.70. The lowest BCUT2D eigenvalue weighted by atomic mass is 10.2. The van der Waals surface area contributed by atoms with Gasteiger partial charge in [-0.3, -0.25) is 4.72 Å². The number of aryl methyl sites for hydroxylation is 1. The van der Waals surface area contributed by atoms with Crippen molar-refractivity contribution >= 4 is 15.7 Å². The topological polar surface area (TPSA) is 99.0 Å². The van der Waals surface area contributed by atoms with Crippen molar-refractivity contribution in [2.45, 2.75) is 4.90 Å². The van der Waals surface area contributed by atoms with E-state index in [-0.39, 0.29) is 4.90 Å². The van der Waals surface area contributed by atoms with Crippen molar-refractivity contribution in [3.05, 3.63) is 48.5 Å². The molecule has 0 aliphatic carbocycles. The maximum absolute atomic E-state index is 12.5. The number of sulfonamides is 1. The molecule has 3 aromatic rings. The van der Waals surface area contributed by atoms with Gasteiger partial charge in [0.15, 0.2) is 5.82 Å². The monoisotopic (exact) mass is 345 g/mol. The van der Waals surface area contributed by atoms with Crippen LogP contribution in [0.2, 0.25) is 0 Å². The first-order valence-electron chi connectivity index (χ1n) is 6.99. The molecule has 0 unspecified atom stereocenters. The zero-order valence-electron chi connectivity index (χ0n) is 13.0. The summed E-state index contributed by atoms with van der Waals surface area (Å²) >= 11 is 0. The second-order valence-electron chi connectivity index (χ2n) is 4.99. The Labute approximate surface area is 139 Å². The first-order valence-corrected chi connectivity index (χ1v) is 8.47. The number of tetrazole rings is 1. The van der Waals surface area contributed by atoms with Gasteiger partial charge in [0.2, 0.25) is 0 Å². The van der Waals surface area contributed by atoms with Crippen molar-refractivity contribution < 1.29 is 13.2 Å². The lowest BCUT2D eigenvalue weighted by Gasteiger charge is -2.09. The number of ether oxygens (including phenoxy) is 1. The molecule has 24 heavy (non-hydrogen) atoms. The van der Waals surface area contributed by atoms with Crippen LogP contribution in [0.3, 0.4) is 0 Å². The number of hydrogen-bond donors (Lipinski definition) is 1. The third-order valence-corrected chi connectivity index (χ3v) is 4.76. The van der Waals surface area contributed by atoms with Gasteiger partial charge in [0.25, 0.3) is 10.0 Å². The molecule has 1 heterocycles. The van der Waals surface area contributed by atoms with Crippen molar-refractivity contribution in [1.29, 1.82) is 0 Å². The second kappa shape index (κ2) is 6.28. The molecule has 0 spiro atoms. The van der Waals surface area contributed by atoms with E-state index in [1.165, 1.54) is 23.9 Å². The smallest absolute Gasteiger partial charge is 0.261 e. The van der Waals surface area contributed by atoms with Crippen LogP contribution in [0.5, 0.6) is 5.75 Å². The number of methoxy groups -OCH3 is 1. The van der Waals surface area contributed by atoms with Crippen LogP contribution in [0.15, 0.2) is 53.4 Å². The van der Waals surface area contributed by atoms with Crippen LogP contribution < -0.4 is 9.46 Å². The predicted molar refractivity (Wildman–Crippen MR) is 88.0 cm³/mol. The van der Waals surface area contributed by atoms with E-state index in [1.54, 1.807) is 43.4 Å². The first-order chi connectivity index (χ1) is 11.5. The average molecular weight is 345 g/mol. The minimum absolute atomic E-state index is 0.147. The lowest BCUT2D eigenvalue weighted by molar-refractivity contribution is 0.414. The highest BCUT2D eigenvalue weighted by Gasteiger charge is 2.15. The summed E-state index contributed by atoms with van der Waals surface area (Å²) in [6.45, 7) is 0. The van der Waals surface area contributed by atoms with Gasteiger partial charge < -0.3 is 4.74 Å². The van der Waals surface area contributed by atoms with Crippen LogP contribution in [-0.2, 0) is 17.1 Å². The van der Waals surface area contributed by atoms with Gasteiger partial charge in [0, 0.05) is 18.3 Å². The number of aromatic nitrogens is 4. The maximum Gasteiger partial charge on any atom is 0.261 e. The third-order valence-electron chi connectivity index (χ3n) is 3.36. The number of rotatable bonds is 5. The van der Waals surface area contributed by atoms with Gasteiger partial charge in [-0.05, 0) is 46.8 Å². The summed E-state index contributed by atoms with van der Waals surface area (Å²) in [5.41, 5.74) is 1.13. The summed E-state index contributed by atoms with van der Waals surface area (Å²) in [6.07, 6.45) is 0. The molecule has 0 aliphatic heterocycles. The van der Waals surface area contributed by atoms with Crippen LogP contribution in [0.1, 0.15) is 0 Å². The fourth-order valence-electron chi connectivity index (χ4n) is 2.16. The Hall–Kier alpha value is -2.94. The van der Waals surface area contributed by atoms with Crippen LogP contribution >= 0.6 is 0 Å². The highest BCUT2D eigenvalue weighted by atomic mass is 32.2. The Bertz CT molecular complexity index is 951. The Morgan fingerprint density at radius 1 is 1.12 bits per heavy atom. The lowest BCUT2D eigenvalue weighted by Crippen LogP contribution is -2.13. The Kier molecular flexibility index (Phi) is 4.17. The SMILES string of the molecule is COc1ccc(S(=O)(=O)Nc2cccc(-c3nnnn3C)c2)cc1. The van der Waals surface area contributed by atoms with E-state index in [9.17, 15) is 8.42 Å². The number of anilines is 1. The van der Waals surface area contributed by atoms with Gasteiger partial charge in [0.05, 0.1) is 12.0 Å². The standard InChI is InChI=1S/C15H15N5O3S/c1-20-15(16-18-19-20)11-4-3-5-12(10-11)17-24(21,22)14-8-6-13(23-2)7-9-14/h3-10,17H,1-2H3. The summed E-state index contributed by atoms with van der Waals surface area (Å²) in [7, 11) is -0.464. The second-order valence-corrected chi connectivity index (χ2v) is 6.67. The van der Waals surface area contributed by atoms with Gasteiger partial charge >= 0.3 is 0 Å². The number of nitrogens with zero attached hydrogens (tertiary/aromatic N) is 4. The van der Waals surface area contributed by atoms with Crippen molar-refractivity contribution in [1.82, 2.24) is 20.2 Å². The Balaban J connectivity index is 1.88. The van der Waals surface area contributed by atoms with Crippen molar-refractivity contribution in [2.24, 2.45) is 7.05 Å². The fourth-order valence-corrected chi connectivity index (χ4v) is 3.21. The molecule has 0 amide bonds. The first kappa shape index (κ1) is 15.9. The number of benzene rings is 2. The number of nitrogens with one attached hydrogen (secondary N) is 1. The molecule has 1 aromatic heterocycles. The van der Waals surface area contributed by atoms with Crippen LogP contribution in [0, 0.1) is 0 Å². The van der Waals surface area contributed by atoms with Gasteiger partial charge in [0.1, 0.15) is 5.75 Å². The van der Waals surface area contributed by atoms with E-state index in [1.807, 2.05) is 0 Å². The van der Waals surface area contributed by atoms with Gasteiger partial charge in [-0.15, -0.1) is 5.10 Å². The highest BCUT2D eigenvalue weighted by molar-refractivity contribution is 7.92. The van der Waals surface area contributed by atoms with E-state index in [0.717, 1.165) is 0 Å². The molecule has 1 N–H and O–H groups in total. The summed E-state index contributed by atoms with van der Waals surface area (Å²) in [6, 6.07) is 13.0. The Morgan fingerprint density at radius 3 is 2.50 bits per heavy atom. The molecule has 2 aromatic carbocycles. The van der Waals surface area contributed by atoms with Gasteiger partial charge in [-0.1, -0.05) is 12.1 Å². The van der Waals surface area contributed by atoms with E-state index in [2.05, 4.69) is 20.2 Å². The Morgan fingerprint density at radius 2 is 1.88 bits per heavy atom. The van der Waals surface area contributed by atoms with Crippen LogP contribution in [-0.4, -0.2) is 35.7 Å². The van der Waals surface area contributed by atoms with Crippen molar-refractivity contribution in [3.8, 4) is 17.1 Å². The molecule has 0 radical (unpaired) electrons. The molecule has 8 nitrogen and oxygen atoms in total. The molecule has 9 heteroatoms. The van der Waals surface area contributed by atoms with Crippen LogP contribution in [0.25, 0.3) is 11.4 Å². The fraction of sp³-hybridized carbons (Fsp3) is 0.133. The zero-order valence-corrected chi connectivity index (χ0v) is 13.9. The summed E-state index contributed by atoms with van der Waals surface area (Å²) in [5.74, 6) is 1.13. The largest absolute Gasteiger partial charge is 0.497 e. The molecule has 3 rings (SSSR count). The zero-order chi connectivity index (χ0) is 17.2. The molecule has 0 saturated heterocycles. The van der Waals surface area contributed by atoms with Crippen molar-refractivity contribution in [2.75, 3.05) is 11.8 Å². The van der Waals surface area contributed by atoms with Gasteiger partial charge in [-0.25, -0.2) is 13.1 Å². The quantitative estimate of drug-likeness (QED) is 0.755. The normalized spacial score (nSPS) is 11.2. The third kappa shape index (κ3) is 3.20. The molecule has 0 aliphatic rings. The van der Waals surface area contributed by atoms with Gasteiger partial charge in [-0.2, -0.15) is 0 Å². The van der Waals surface area contributed by atoms with Crippen molar-refractivity contribution in [3.63, 3.8) is 0 Å². The summed E-state index contributed by atoms with van der Waals surface area (Å²) in [4.78, 5) is 0.147. The van der Waals surface area contributed by atoms with E-state index in [4.69, 9.17) is 4.74 Å². The minimum Gasteiger partial charge on any atom is -0.497 e. The molecule has 0 bridgehead atoms. The van der Waals surface area contributed by atoms with E-state index < -0.39 is 10.0 Å². The van der Waals surface area contributed by atoms with E-state index >= 15 is 0 Å². The van der Waals surface area contributed by atoms with Crippen LogP contribution in [0.4, 0.5) is 5.69 Å². The summed E-state index contributed by atoms with van der Waals surface area (Å²) in [5, 5.41) is 11.3. The molecule has 0 fully saturated rings.